The number of hydrogen-bond acceptors (Lipinski definition) is 6. The number of hydrogen-bond donors (Lipinski definition) is 1. The molecule has 3 rings (SSSR count). The van der Waals surface area contributed by atoms with E-state index >= 15 is 0 Å². The monoisotopic (exact) mass is 431 g/mol. The molecule has 0 unspecified atom stereocenters. The summed E-state index contributed by atoms with van der Waals surface area (Å²) in [5.74, 6) is -0.758. The minimum atomic E-state index is -3.69. The van der Waals surface area contributed by atoms with E-state index in [1.54, 1.807) is 0 Å². The summed E-state index contributed by atoms with van der Waals surface area (Å²) in [6, 6.07) is 10.2. The molecular weight excluding hydrogens is 410 g/mol. The number of methoxy groups -OCH3 is 1. The number of carbonyl (C=O) groups is 3. The Morgan fingerprint density at radius 1 is 1.03 bits per heavy atom. The number of anilines is 2. The third kappa shape index (κ3) is 4.05. The second kappa shape index (κ2) is 8.25. The topological polar surface area (TPSA) is 113 Å². The number of benzene rings is 2. The summed E-state index contributed by atoms with van der Waals surface area (Å²) < 4.78 is 31.0. The highest BCUT2D eigenvalue weighted by Gasteiger charge is 2.30. The van der Waals surface area contributed by atoms with Crippen LogP contribution in [0.1, 0.15) is 23.2 Å². The number of amides is 3. The zero-order valence-corrected chi connectivity index (χ0v) is 17.5. The van der Waals surface area contributed by atoms with Gasteiger partial charge in [-0.25, -0.2) is 12.7 Å². The first-order valence-electron chi connectivity index (χ1n) is 9.03. The number of sulfonamides is 1. The SMILES string of the molecule is COc1ccc(S(=O)(=O)N(C)C)cc1NC(=O)c1ccc(N2C(=O)CCC2=O)cc1. The van der Waals surface area contributed by atoms with Crippen molar-refractivity contribution < 1.29 is 27.5 Å². The van der Waals surface area contributed by atoms with Crippen LogP contribution in [0.2, 0.25) is 0 Å². The molecule has 2 aromatic rings. The van der Waals surface area contributed by atoms with E-state index in [1.807, 2.05) is 0 Å². The Morgan fingerprint density at radius 3 is 2.17 bits per heavy atom. The highest BCUT2D eigenvalue weighted by atomic mass is 32.2. The van der Waals surface area contributed by atoms with Crippen molar-refractivity contribution in [3.63, 3.8) is 0 Å². The van der Waals surface area contributed by atoms with Crippen LogP contribution >= 0.6 is 0 Å². The fourth-order valence-corrected chi connectivity index (χ4v) is 3.91. The van der Waals surface area contributed by atoms with Crippen molar-refractivity contribution in [2.24, 2.45) is 0 Å². The van der Waals surface area contributed by atoms with Gasteiger partial charge in [-0.05, 0) is 42.5 Å². The second-order valence-electron chi connectivity index (χ2n) is 6.77. The van der Waals surface area contributed by atoms with E-state index in [2.05, 4.69) is 5.32 Å². The van der Waals surface area contributed by atoms with Gasteiger partial charge in [-0.3, -0.25) is 19.3 Å². The van der Waals surface area contributed by atoms with Crippen LogP contribution < -0.4 is 15.0 Å². The lowest BCUT2D eigenvalue weighted by Crippen LogP contribution is -2.28. The second-order valence-corrected chi connectivity index (χ2v) is 8.93. The van der Waals surface area contributed by atoms with Crippen LogP contribution in [0, 0.1) is 0 Å². The molecule has 2 aromatic carbocycles. The molecule has 0 spiro atoms. The molecule has 0 aromatic heterocycles. The lowest BCUT2D eigenvalue weighted by Gasteiger charge is -2.16. The molecule has 0 saturated carbocycles. The van der Waals surface area contributed by atoms with Gasteiger partial charge in [0, 0.05) is 32.5 Å². The molecule has 3 amide bonds. The predicted octanol–water partition coefficient (Wildman–Crippen LogP) is 1.85. The molecule has 1 N–H and O–H groups in total. The first-order valence-corrected chi connectivity index (χ1v) is 10.5. The van der Waals surface area contributed by atoms with Gasteiger partial charge in [-0.15, -0.1) is 0 Å². The number of carbonyl (C=O) groups excluding carboxylic acids is 3. The van der Waals surface area contributed by atoms with Crippen LogP contribution in [0.25, 0.3) is 0 Å². The average molecular weight is 431 g/mol. The van der Waals surface area contributed by atoms with E-state index in [9.17, 15) is 22.8 Å². The van der Waals surface area contributed by atoms with Crippen molar-refractivity contribution in [2.75, 3.05) is 31.4 Å². The van der Waals surface area contributed by atoms with Gasteiger partial charge in [-0.1, -0.05) is 0 Å². The first kappa shape index (κ1) is 21.5. The molecule has 158 valence electrons. The lowest BCUT2D eigenvalue weighted by molar-refractivity contribution is -0.121. The molecule has 1 heterocycles. The van der Waals surface area contributed by atoms with Crippen molar-refractivity contribution in [3.05, 3.63) is 48.0 Å². The van der Waals surface area contributed by atoms with Gasteiger partial charge in [0.1, 0.15) is 5.75 Å². The quantitative estimate of drug-likeness (QED) is 0.699. The van der Waals surface area contributed by atoms with Crippen LogP contribution in [0.15, 0.2) is 47.4 Å². The molecule has 0 bridgehead atoms. The van der Waals surface area contributed by atoms with Crippen molar-refractivity contribution in [1.29, 1.82) is 0 Å². The highest BCUT2D eigenvalue weighted by Crippen LogP contribution is 2.29. The molecule has 1 aliphatic heterocycles. The van der Waals surface area contributed by atoms with Crippen LogP contribution in [-0.2, 0) is 19.6 Å². The molecule has 1 fully saturated rings. The Bertz CT molecular complexity index is 1090. The average Bonchev–Trinajstić information content (AvgIpc) is 3.06. The van der Waals surface area contributed by atoms with Gasteiger partial charge in [-0.2, -0.15) is 0 Å². The zero-order chi connectivity index (χ0) is 22.1. The third-order valence-corrected chi connectivity index (χ3v) is 6.45. The Labute approximate surface area is 174 Å². The number of rotatable bonds is 6. The number of imide groups is 1. The molecule has 0 aliphatic carbocycles. The van der Waals surface area contributed by atoms with Gasteiger partial charge < -0.3 is 10.1 Å². The fourth-order valence-electron chi connectivity index (χ4n) is 2.98. The molecule has 10 heteroatoms. The molecular formula is C20H21N3O6S. The molecule has 0 radical (unpaired) electrons. The van der Waals surface area contributed by atoms with E-state index < -0.39 is 15.9 Å². The number of nitrogens with one attached hydrogen (secondary N) is 1. The maximum atomic E-state index is 12.7. The molecule has 0 atom stereocenters. The summed E-state index contributed by atoms with van der Waals surface area (Å²) >= 11 is 0. The lowest BCUT2D eigenvalue weighted by atomic mass is 10.1. The van der Waals surface area contributed by atoms with Gasteiger partial charge in [0.25, 0.3) is 5.91 Å². The molecule has 9 nitrogen and oxygen atoms in total. The highest BCUT2D eigenvalue weighted by molar-refractivity contribution is 7.89. The van der Waals surface area contributed by atoms with Crippen molar-refractivity contribution >= 4 is 39.1 Å². The fraction of sp³-hybridized carbons (Fsp3) is 0.250. The minimum absolute atomic E-state index is 0.00464. The van der Waals surface area contributed by atoms with Crippen LogP contribution in [0.5, 0.6) is 5.75 Å². The van der Waals surface area contributed by atoms with E-state index in [4.69, 9.17) is 4.74 Å². The standard InChI is InChI=1S/C20H21N3O6S/c1-22(2)30(27,28)15-8-9-17(29-3)16(12-15)21-20(26)13-4-6-14(7-5-13)23-18(24)10-11-19(23)25/h4-9,12H,10-11H2,1-3H3,(H,21,26). The zero-order valence-electron chi connectivity index (χ0n) is 16.7. The summed E-state index contributed by atoms with van der Waals surface area (Å²) in [5, 5.41) is 2.64. The minimum Gasteiger partial charge on any atom is -0.495 e. The maximum absolute atomic E-state index is 12.7. The van der Waals surface area contributed by atoms with Gasteiger partial charge in [0.05, 0.1) is 23.4 Å². The van der Waals surface area contributed by atoms with E-state index in [0.717, 1.165) is 9.21 Å². The predicted molar refractivity (Wildman–Crippen MR) is 110 cm³/mol. The summed E-state index contributed by atoms with van der Waals surface area (Å²) in [6.07, 6.45) is 0.347. The van der Waals surface area contributed by atoms with Crippen LogP contribution in [0.3, 0.4) is 0 Å². The maximum Gasteiger partial charge on any atom is 0.255 e. The van der Waals surface area contributed by atoms with Crippen molar-refractivity contribution in [1.82, 2.24) is 4.31 Å². The summed E-state index contributed by atoms with van der Waals surface area (Å²) in [5.41, 5.74) is 0.857. The van der Waals surface area contributed by atoms with Gasteiger partial charge in [0.2, 0.25) is 21.8 Å². The Balaban J connectivity index is 1.85. The van der Waals surface area contributed by atoms with Gasteiger partial charge in [0.15, 0.2) is 0 Å². The Morgan fingerprint density at radius 2 is 1.63 bits per heavy atom. The summed E-state index contributed by atoms with van der Waals surface area (Å²) in [7, 11) is 0.537. The number of nitrogens with zero attached hydrogens (tertiary/aromatic N) is 2. The Hall–Kier alpha value is -3.24. The first-order chi connectivity index (χ1) is 14.1. The van der Waals surface area contributed by atoms with E-state index in [0.29, 0.717) is 11.4 Å². The third-order valence-electron chi connectivity index (χ3n) is 4.64. The summed E-state index contributed by atoms with van der Waals surface area (Å²) in [4.78, 5) is 37.4. The van der Waals surface area contributed by atoms with Crippen LogP contribution in [0.4, 0.5) is 11.4 Å². The van der Waals surface area contributed by atoms with Crippen LogP contribution in [-0.4, -0.2) is 51.6 Å². The molecule has 1 saturated heterocycles. The Kier molecular flexibility index (Phi) is 5.90. The van der Waals surface area contributed by atoms with E-state index in [1.165, 1.54) is 63.7 Å². The van der Waals surface area contributed by atoms with E-state index in [-0.39, 0.29) is 40.8 Å². The van der Waals surface area contributed by atoms with Gasteiger partial charge >= 0.3 is 0 Å². The van der Waals surface area contributed by atoms with Crippen molar-refractivity contribution in [2.45, 2.75) is 17.7 Å². The molecule has 1 aliphatic rings. The van der Waals surface area contributed by atoms with Crippen molar-refractivity contribution in [3.8, 4) is 5.75 Å². The summed E-state index contributed by atoms with van der Waals surface area (Å²) in [6.45, 7) is 0. The number of ether oxygens (including phenoxy) is 1. The normalized spacial score (nSPS) is 14.3. The largest absolute Gasteiger partial charge is 0.495 e. The smallest absolute Gasteiger partial charge is 0.255 e. The molecule has 30 heavy (non-hydrogen) atoms.